The predicted molar refractivity (Wildman–Crippen MR) is 125 cm³/mol. The number of rotatable bonds is 8. The van der Waals surface area contributed by atoms with E-state index in [9.17, 15) is 24.3 Å². The molecule has 174 valence electrons. The van der Waals surface area contributed by atoms with Crippen LogP contribution in [0.3, 0.4) is 0 Å². The number of Topliss-reactive ketones (excluding diaryl/α,β-unsaturated/α-hetero) is 2. The smallest absolute Gasteiger partial charge is 0.317 e. The molecule has 2 aromatic rings. The highest BCUT2D eigenvalue weighted by molar-refractivity contribution is 6.37. The van der Waals surface area contributed by atoms with Gasteiger partial charge in [0.1, 0.15) is 5.41 Å². The molecule has 0 saturated heterocycles. The normalized spacial score (nSPS) is 19.3. The molecule has 0 spiro atoms. The Bertz CT molecular complexity index is 1140. The summed E-state index contributed by atoms with van der Waals surface area (Å²) in [6.07, 6.45) is 0.398. The Hall–Kier alpha value is -3.48. The number of nitrogen functional groups attached to an aromatic ring is 1. The Morgan fingerprint density at radius 3 is 2.30 bits per heavy atom. The Morgan fingerprint density at radius 1 is 1.09 bits per heavy atom. The number of carboxylic acids is 1. The minimum atomic E-state index is -2.35. The lowest BCUT2D eigenvalue weighted by Gasteiger charge is -2.43. The number of hydrogen-bond acceptors (Lipinski definition) is 5. The quantitative estimate of drug-likeness (QED) is 0.414. The van der Waals surface area contributed by atoms with E-state index in [1.54, 1.807) is 32.0 Å². The lowest BCUT2D eigenvalue weighted by Crippen LogP contribution is -2.71. The average molecular weight is 451 g/mol. The zero-order valence-electron chi connectivity index (χ0n) is 19.4. The number of carbonyl (C=O) groups is 4. The first-order chi connectivity index (χ1) is 15.6. The number of ketones is 2. The Labute approximate surface area is 193 Å². The highest BCUT2D eigenvalue weighted by Gasteiger charge is 2.70. The first kappa shape index (κ1) is 24.2. The summed E-state index contributed by atoms with van der Waals surface area (Å²) in [5.74, 6) is -3.38. The van der Waals surface area contributed by atoms with Gasteiger partial charge in [0.25, 0.3) is 0 Å². The monoisotopic (exact) mass is 450 g/mol. The van der Waals surface area contributed by atoms with Gasteiger partial charge >= 0.3 is 5.97 Å². The molecular weight excluding hydrogens is 420 g/mol. The van der Waals surface area contributed by atoms with Crippen molar-refractivity contribution in [1.82, 2.24) is 5.32 Å². The summed E-state index contributed by atoms with van der Waals surface area (Å²) in [4.78, 5) is 54.0. The summed E-state index contributed by atoms with van der Waals surface area (Å²) in [5, 5.41) is 13.3. The van der Waals surface area contributed by atoms with Crippen LogP contribution >= 0.6 is 0 Å². The summed E-state index contributed by atoms with van der Waals surface area (Å²) >= 11 is 0. The highest BCUT2D eigenvalue weighted by atomic mass is 16.4. The zero-order chi connectivity index (χ0) is 24.6. The SMILES string of the molecule is CCCC(=O)NC1(C(CC)(C(=O)O)c2cccc(C(C)C)c2)C(=O)c2cccc(N)c2C1=O. The second kappa shape index (κ2) is 8.81. The van der Waals surface area contributed by atoms with Gasteiger partial charge in [-0.3, -0.25) is 19.2 Å². The van der Waals surface area contributed by atoms with Crippen molar-refractivity contribution in [2.45, 2.75) is 63.8 Å². The second-order valence-corrected chi connectivity index (χ2v) is 8.82. The molecule has 0 radical (unpaired) electrons. The molecule has 1 amide bonds. The van der Waals surface area contributed by atoms with Gasteiger partial charge in [0.2, 0.25) is 11.7 Å². The Kier molecular flexibility index (Phi) is 6.45. The standard InChI is InChI=1S/C26H30N2O5/c1-5-9-20(29)28-26(22(30)18-12-8-13-19(27)21(18)23(26)31)25(6-2,24(32)33)17-11-7-10-16(14-17)15(3)4/h7-8,10-15H,5-6,9,27H2,1-4H3,(H,28,29)(H,32,33). The van der Waals surface area contributed by atoms with Gasteiger partial charge in [-0.25, -0.2) is 0 Å². The zero-order valence-corrected chi connectivity index (χ0v) is 19.4. The van der Waals surface area contributed by atoms with Gasteiger partial charge in [-0.2, -0.15) is 0 Å². The molecule has 4 N–H and O–H groups in total. The van der Waals surface area contributed by atoms with Crippen LogP contribution in [0.15, 0.2) is 42.5 Å². The van der Waals surface area contributed by atoms with E-state index in [0.29, 0.717) is 6.42 Å². The third kappa shape index (κ3) is 3.43. The minimum absolute atomic E-state index is 0.0240. The van der Waals surface area contributed by atoms with Crippen molar-refractivity contribution in [3.63, 3.8) is 0 Å². The lowest BCUT2D eigenvalue weighted by molar-refractivity contribution is -0.146. The number of nitrogens with two attached hydrogens (primary N) is 1. The lowest BCUT2D eigenvalue weighted by atomic mass is 9.60. The maximum atomic E-state index is 14.0. The molecule has 1 aliphatic rings. The summed E-state index contributed by atoms with van der Waals surface area (Å²) in [5.41, 5.74) is 2.87. The van der Waals surface area contributed by atoms with Crippen molar-refractivity contribution < 1.29 is 24.3 Å². The number of fused-ring (bicyclic) bond motifs is 1. The first-order valence-corrected chi connectivity index (χ1v) is 11.2. The number of carboxylic acid groups (broad SMARTS) is 1. The van der Waals surface area contributed by atoms with Crippen LogP contribution in [-0.4, -0.2) is 34.1 Å². The van der Waals surface area contributed by atoms with E-state index in [-0.39, 0.29) is 41.1 Å². The van der Waals surface area contributed by atoms with Crippen molar-refractivity contribution in [3.8, 4) is 0 Å². The molecule has 0 fully saturated rings. The summed E-state index contributed by atoms with van der Waals surface area (Å²) in [6, 6.07) is 11.4. The van der Waals surface area contributed by atoms with Crippen LogP contribution in [0.1, 0.15) is 84.7 Å². The van der Waals surface area contributed by atoms with Crippen LogP contribution in [0.25, 0.3) is 0 Å². The molecule has 0 bridgehead atoms. The summed E-state index contributed by atoms with van der Waals surface area (Å²) < 4.78 is 0. The van der Waals surface area contributed by atoms with Crippen LogP contribution in [0.2, 0.25) is 0 Å². The predicted octanol–water partition coefficient (Wildman–Crippen LogP) is 3.86. The Balaban J connectivity index is 2.42. The number of hydrogen-bond donors (Lipinski definition) is 3. The van der Waals surface area contributed by atoms with Crippen LogP contribution < -0.4 is 11.1 Å². The molecule has 7 heteroatoms. The van der Waals surface area contributed by atoms with E-state index in [4.69, 9.17) is 5.73 Å². The van der Waals surface area contributed by atoms with Gasteiger partial charge in [-0.05, 0) is 36.0 Å². The van der Waals surface area contributed by atoms with Gasteiger partial charge in [-0.15, -0.1) is 0 Å². The number of benzene rings is 2. The third-order valence-corrected chi connectivity index (χ3v) is 6.64. The highest BCUT2D eigenvalue weighted by Crippen LogP contribution is 2.48. The molecule has 3 rings (SSSR count). The van der Waals surface area contributed by atoms with E-state index in [1.165, 1.54) is 18.2 Å². The van der Waals surface area contributed by atoms with Crippen molar-refractivity contribution in [2.24, 2.45) is 0 Å². The molecule has 7 nitrogen and oxygen atoms in total. The molecule has 0 saturated carbocycles. The van der Waals surface area contributed by atoms with Crippen LogP contribution in [0, 0.1) is 0 Å². The van der Waals surface area contributed by atoms with Gasteiger partial charge < -0.3 is 16.2 Å². The fraction of sp³-hybridized carbons (Fsp3) is 0.385. The second-order valence-electron chi connectivity index (χ2n) is 8.82. The molecule has 1 aliphatic carbocycles. The number of amides is 1. The fourth-order valence-electron chi connectivity index (χ4n) is 4.90. The largest absolute Gasteiger partial charge is 0.480 e. The van der Waals surface area contributed by atoms with Gasteiger partial charge in [0.15, 0.2) is 11.3 Å². The van der Waals surface area contributed by atoms with E-state index >= 15 is 0 Å². The topological polar surface area (TPSA) is 127 Å². The Morgan fingerprint density at radius 2 is 1.76 bits per heavy atom. The third-order valence-electron chi connectivity index (χ3n) is 6.64. The van der Waals surface area contributed by atoms with Crippen molar-refractivity contribution in [1.29, 1.82) is 0 Å². The molecule has 0 heterocycles. The van der Waals surface area contributed by atoms with E-state index in [2.05, 4.69) is 5.32 Å². The summed E-state index contributed by atoms with van der Waals surface area (Å²) in [6.45, 7) is 7.33. The fourth-order valence-corrected chi connectivity index (χ4v) is 4.90. The van der Waals surface area contributed by atoms with Crippen LogP contribution in [0.4, 0.5) is 5.69 Å². The van der Waals surface area contributed by atoms with Crippen molar-refractivity contribution in [2.75, 3.05) is 5.73 Å². The van der Waals surface area contributed by atoms with Crippen molar-refractivity contribution in [3.05, 3.63) is 64.7 Å². The maximum absolute atomic E-state index is 14.0. The number of nitrogens with one attached hydrogen (secondary N) is 1. The number of aliphatic carboxylic acids is 1. The molecular formula is C26H30N2O5. The van der Waals surface area contributed by atoms with Gasteiger partial charge in [-0.1, -0.05) is 64.1 Å². The van der Waals surface area contributed by atoms with Gasteiger partial charge in [0, 0.05) is 17.7 Å². The van der Waals surface area contributed by atoms with E-state index in [1.807, 2.05) is 19.9 Å². The molecule has 2 unspecified atom stereocenters. The maximum Gasteiger partial charge on any atom is 0.317 e. The van der Waals surface area contributed by atoms with Gasteiger partial charge in [0.05, 0.1) is 5.56 Å². The molecule has 2 atom stereocenters. The molecule has 0 aliphatic heterocycles. The van der Waals surface area contributed by atoms with Crippen LogP contribution in [0.5, 0.6) is 0 Å². The molecule has 2 aromatic carbocycles. The van der Waals surface area contributed by atoms with E-state index < -0.39 is 34.4 Å². The minimum Gasteiger partial charge on any atom is -0.480 e. The molecule has 33 heavy (non-hydrogen) atoms. The van der Waals surface area contributed by atoms with Crippen molar-refractivity contribution >= 4 is 29.1 Å². The summed E-state index contributed by atoms with van der Waals surface area (Å²) in [7, 11) is 0. The molecule has 0 aromatic heterocycles. The number of carbonyl (C=O) groups excluding carboxylic acids is 3. The van der Waals surface area contributed by atoms with Crippen LogP contribution in [-0.2, 0) is 15.0 Å². The average Bonchev–Trinajstić information content (AvgIpc) is 2.98. The first-order valence-electron chi connectivity index (χ1n) is 11.2. The number of anilines is 1. The van der Waals surface area contributed by atoms with E-state index in [0.717, 1.165) is 5.56 Å².